The first-order valence-electron chi connectivity index (χ1n) is 6.62. The van der Waals surface area contributed by atoms with Gasteiger partial charge in [0.25, 0.3) is 0 Å². The molecule has 1 N–H and O–H groups in total. The molecular weight excluding hydrogens is 234 g/mol. The van der Waals surface area contributed by atoms with Gasteiger partial charge in [-0.25, -0.2) is 0 Å². The molecule has 0 aromatic heterocycles. The van der Waals surface area contributed by atoms with Crippen LogP contribution in [0.5, 0.6) is 0 Å². The summed E-state index contributed by atoms with van der Waals surface area (Å²) in [5, 5.41) is 2.94. The maximum absolute atomic E-state index is 11.9. The average Bonchev–Trinajstić information content (AvgIpc) is 2.40. The summed E-state index contributed by atoms with van der Waals surface area (Å²) in [4.78, 5) is 11.9. The van der Waals surface area contributed by atoms with Gasteiger partial charge in [0, 0.05) is 5.69 Å². The van der Waals surface area contributed by atoms with Gasteiger partial charge in [-0.2, -0.15) is 0 Å². The van der Waals surface area contributed by atoms with Crippen LogP contribution in [0.1, 0.15) is 23.6 Å². The summed E-state index contributed by atoms with van der Waals surface area (Å²) in [6, 6.07) is 15.8. The minimum absolute atomic E-state index is 0.0230. The number of carbonyl (C=O) groups excluding carboxylic acids is 1. The van der Waals surface area contributed by atoms with Crippen LogP contribution in [-0.4, -0.2) is 5.91 Å². The van der Waals surface area contributed by atoms with Gasteiger partial charge in [-0.15, -0.1) is 0 Å². The first kappa shape index (κ1) is 13.3. The molecule has 0 spiro atoms. The number of amides is 1. The zero-order valence-corrected chi connectivity index (χ0v) is 11.4. The van der Waals surface area contributed by atoms with E-state index in [1.807, 2.05) is 42.5 Å². The van der Waals surface area contributed by atoms with E-state index >= 15 is 0 Å². The summed E-state index contributed by atoms with van der Waals surface area (Å²) in [7, 11) is 0. The highest BCUT2D eigenvalue weighted by Crippen LogP contribution is 2.16. The summed E-state index contributed by atoms with van der Waals surface area (Å²) in [6.45, 7) is 4.21. The molecule has 0 unspecified atom stereocenters. The Kier molecular flexibility index (Phi) is 4.35. The van der Waals surface area contributed by atoms with Crippen LogP contribution in [0.3, 0.4) is 0 Å². The van der Waals surface area contributed by atoms with Gasteiger partial charge >= 0.3 is 0 Å². The van der Waals surface area contributed by atoms with Crippen molar-refractivity contribution in [3.8, 4) is 0 Å². The van der Waals surface area contributed by atoms with Crippen LogP contribution in [0.15, 0.2) is 48.5 Å². The largest absolute Gasteiger partial charge is 0.326 e. The Morgan fingerprint density at radius 2 is 1.84 bits per heavy atom. The van der Waals surface area contributed by atoms with Crippen molar-refractivity contribution in [3.05, 3.63) is 65.2 Å². The zero-order chi connectivity index (χ0) is 13.7. The highest BCUT2D eigenvalue weighted by Gasteiger charge is 2.05. The summed E-state index contributed by atoms with van der Waals surface area (Å²) in [6.07, 6.45) is 1.43. The standard InChI is InChI=1S/C17H19NO/c1-3-15-9-10-16(11-13(15)2)18-17(19)12-14-7-5-4-6-8-14/h4-11H,3,12H2,1-2H3,(H,18,19). The number of benzene rings is 2. The van der Waals surface area contributed by atoms with Crippen LogP contribution in [0, 0.1) is 6.92 Å². The molecule has 0 radical (unpaired) electrons. The Balaban J connectivity index is 2.01. The minimum atomic E-state index is 0.0230. The fraction of sp³-hybridized carbons (Fsp3) is 0.235. The van der Waals surface area contributed by atoms with E-state index in [1.165, 1.54) is 11.1 Å². The Morgan fingerprint density at radius 3 is 2.47 bits per heavy atom. The fourth-order valence-corrected chi connectivity index (χ4v) is 2.16. The molecule has 2 nitrogen and oxygen atoms in total. The third-order valence-electron chi connectivity index (χ3n) is 3.21. The van der Waals surface area contributed by atoms with Crippen molar-refractivity contribution in [2.75, 3.05) is 5.32 Å². The molecule has 1 amide bonds. The summed E-state index contributed by atoms with van der Waals surface area (Å²) in [5.74, 6) is 0.0230. The van der Waals surface area contributed by atoms with Gasteiger partial charge in [0.15, 0.2) is 0 Å². The predicted molar refractivity (Wildman–Crippen MR) is 79.3 cm³/mol. The van der Waals surface area contributed by atoms with Gasteiger partial charge in [0.1, 0.15) is 0 Å². The molecule has 0 bridgehead atoms. The molecule has 0 aliphatic heterocycles. The Morgan fingerprint density at radius 1 is 1.11 bits per heavy atom. The van der Waals surface area contributed by atoms with Crippen molar-refractivity contribution < 1.29 is 4.79 Å². The zero-order valence-electron chi connectivity index (χ0n) is 11.4. The smallest absolute Gasteiger partial charge is 0.228 e. The molecular formula is C17H19NO. The number of carbonyl (C=O) groups is 1. The molecule has 98 valence electrons. The molecule has 0 aliphatic rings. The lowest BCUT2D eigenvalue weighted by molar-refractivity contribution is -0.115. The predicted octanol–water partition coefficient (Wildman–Crippen LogP) is 3.74. The molecule has 0 heterocycles. The van der Waals surface area contributed by atoms with Crippen molar-refractivity contribution in [2.45, 2.75) is 26.7 Å². The molecule has 2 aromatic rings. The van der Waals surface area contributed by atoms with E-state index in [0.717, 1.165) is 17.7 Å². The van der Waals surface area contributed by atoms with E-state index in [0.29, 0.717) is 6.42 Å². The van der Waals surface area contributed by atoms with E-state index < -0.39 is 0 Å². The molecule has 0 aliphatic carbocycles. The summed E-state index contributed by atoms with van der Waals surface area (Å²) in [5.41, 5.74) is 4.44. The molecule has 0 fully saturated rings. The van der Waals surface area contributed by atoms with Gasteiger partial charge in [0.2, 0.25) is 5.91 Å². The van der Waals surface area contributed by atoms with Crippen molar-refractivity contribution in [1.29, 1.82) is 0 Å². The number of rotatable bonds is 4. The number of anilines is 1. The van der Waals surface area contributed by atoms with Crippen LogP contribution < -0.4 is 5.32 Å². The SMILES string of the molecule is CCc1ccc(NC(=O)Cc2ccccc2)cc1C. The molecule has 19 heavy (non-hydrogen) atoms. The monoisotopic (exact) mass is 253 g/mol. The van der Waals surface area contributed by atoms with E-state index in [2.05, 4.69) is 25.2 Å². The fourth-order valence-electron chi connectivity index (χ4n) is 2.16. The number of hydrogen-bond acceptors (Lipinski definition) is 1. The van der Waals surface area contributed by atoms with Gasteiger partial charge in [-0.1, -0.05) is 43.3 Å². The Labute approximate surface area is 114 Å². The number of nitrogens with one attached hydrogen (secondary N) is 1. The Hall–Kier alpha value is -2.09. The van der Waals surface area contributed by atoms with Crippen LogP contribution in [-0.2, 0) is 17.6 Å². The van der Waals surface area contributed by atoms with Crippen LogP contribution in [0.25, 0.3) is 0 Å². The van der Waals surface area contributed by atoms with Gasteiger partial charge in [0.05, 0.1) is 6.42 Å². The summed E-state index contributed by atoms with van der Waals surface area (Å²) >= 11 is 0. The maximum atomic E-state index is 11.9. The van der Waals surface area contributed by atoms with Crippen molar-refractivity contribution >= 4 is 11.6 Å². The maximum Gasteiger partial charge on any atom is 0.228 e. The van der Waals surface area contributed by atoms with Crippen molar-refractivity contribution in [2.24, 2.45) is 0 Å². The number of hydrogen-bond donors (Lipinski definition) is 1. The number of aryl methyl sites for hydroxylation is 2. The molecule has 2 rings (SSSR count). The molecule has 2 aromatic carbocycles. The van der Waals surface area contributed by atoms with Crippen LogP contribution in [0.2, 0.25) is 0 Å². The molecule has 0 saturated carbocycles. The molecule has 0 saturated heterocycles. The third kappa shape index (κ3) is 3.68. The Bertz CT molecular complexity index is 561. The lowest BCUT2D eigenvalue weighted by Crippen LogP contribution is -2.14. The quantitative estimate of drug-likeness (QED) is 0.883. The highest BCUT2D eigenvalue weighted by atomic mass is 16.1. The van der Waals surface area contributed by atoms with Gasteiger partial charge < -0.3 is 5.32 Å². The summed E-state index contributed by atoms with van der Waals surface area (Å²) < 4.78 is 0. The second kappa shape index (κ2) is 6.19. The van der Waals surface area contributed by atoms with Crippen LogP contribution in [0.4, 0.5) is 5.69 Å². The highest BCUT2D eigenvalue weighted by molar-refractivity contribution is 5.92. The first-order valence-corrected chi connectivity index (χ1v) is 6.62. The normalized spacial score (nSPS) is 10.2. The topological polar surface area (TPSA) is 29.1 Å². The first-order chi connectivity index (χ1) is 9.19. The van der Waals surface area contributed by atoms with E-state index in [1.54, 1.807) is 0 Å². The van der Waals surface area contributed by atoms with Crippen LogP contribution >= 0.6 is 0 Å². The molecule has 2 heteroatoms. The minimum Gasteiger partial charge on any atom is -0.326 e. The van der Waals surface area contributed by atoms with Gasteiger partial charge in [-0.05, 0) is 42.2 Å². The molecule has 0 atom stereocenters. The average molecular weight is 253 g/mol. The third-order valence-corrected chi connectivity index (χ3v) is 3.21. The lowest BCUT2D eigenvalue weighted by Gasteiger charge is -2.08. The van der Waals surface area contributed by atoms with E-state index in [9.17, 15) is 4.79 Å². The lowest BCUT2D eigenvalue weighted by atomic mass is 10.1. The second-order valence-electron chi connectivity index (χ2n) is 4.71. The van der Waals surface area contributed by atoms with Crippen molar-refractivity contribution in [1.82, 2.24) is 0 Å². The van der Waals surface area contributed by atoms with Gasteiger partial charge in [-0.3, -0.25) is 4.79 Å². The second-order valence-corrected chi connectivity index (χ2v) is 4.71. The van der Waals surface area contributed by atoms with E-state index in [-0.39, 0.29) is 5.91 Å². The van der Waals surface area contributed by atoms with E-state index in [4.69, 9.17) is 0 Å². The van der Waals surface area contributed by atoms with Crippen molar-refractivity contribution in [3.63, 3.8) is 0 Å².